The molecule has 0 bridgehead atoms. The average molecular weight is 386 g/mol. The molecular weight excluding hydrogens is 374 g/mol. The minimum atomic E-state index is -0.595. The number of ether oxygens (including phenoxy) is 1. The minimum absolute atomic E-state index is 0.130. The van der Waals surface area contributed by atoms with Gasteiger partial charge in [-0.25, -0.2) is 4.79 Å². The van der Waals surface area contributed by atoms with Gasteiger partial charge in [0.15, 0.2) is 0 Å². The number of amides is 2. The van der Waals surface area contributed by atoms with Crippen LogP contribution in [-0.2, 0) is 0 Å². The third kappa shape index (κ3) is 2.88. The standard InChI is InChI=1S/C18H12BrNO4/c1-2-9-20-16(21)14-8-3-11(10-15(14)17(20)22)18(23)24-13-6-4-12(19)5-7-13/h2-8,10H,1,9H2. The van der Waals surface area contributed by atoms with Gasteiger partial charge in [0.2, 0.25) is 0 Å². The highest BCUT2D eigenvalue weighted by Crippen LogP contribution is 2.25. The third-order valence-corrected chi connectivity index (χ3v) is 4.07. The van der Waals surface area contributed by atoms with Crippen molar-refractivity contribution in [2.75, 3.05) is 6.54 Å². The second kappa shape index (κ2) is 6.41. The van der Waals surface area contributed by atoms with Crippen LogP contribution in [0.4, 0.5) is 0 Å². The van der Waals surface area contributed by atoms with Crippen molar-refractivity contribution in [3.8, 4) is 5.75 Å². The molecule has 24 heavy (non-hydrogen) atoms. The normalized spacial score (nSPS) is 13.0. The van der Waals surface area contributed by atoms with E-state index in [1.807, 2.05) is 0 Å². The van der Waals surface area contributed by atoms with Gasteiger partial charge in [-0.05, 0) is 42.5 Å². The Hall–Kier alpha value is -2.73. The first-order valence-electron chi connectivity index (χ1n) is 7.10. The summed E-state index contributed by atoms with van der Waals surface area (Å²) < 4.78 is 6.13. The van der Waals surface area contributed by atoms with Crippen LogP contribution in [-0.4, -0.2) is 29.2 Å². The molecule has 0 aromatic heterocycles. The van der Waals surface area contributed by atoms with Gasteiger partial charge in [-0.15, -0.1) is 6.58 Å². The zero-order chi connectivity index (χ0) is 17.3. The van der Waals surface area contributed by atoms with Crippen LogP contribution in [0.3, 0.4) is 0 Å². The molecule has 2 aromatic rings. The molecule has 120 valence electrons. The van der Waals surface area contributed by atoms with E-state index in [9.17, 15) is 14.4 Å². The van der Waals surface area contributed by atoms with E-state index in [0.717, 1.165) is 9.37 Å². The SMILES string of the molecule is C=CCN1C(=O)c2ccc(C(=O)Oc3ccc(Br)cc3)cc2C1=O. The second-order valence-corrected chi connectivity index (χ2v) is 6.03. The van der Waals surface area contributed by atoms with Crippen molar-refractivity contribution >= 4 is 33.7 Å². The van der Waals surface area contributed by atoms with E-state index in [-0.39, 0.29) is 29.1 Å². The van der Waals surface area contributed by atoms with Crippen LogP contribution in [0.15, 0.2) is 59.6 Å². The second-order valence-electron chi connectivity index (χ2n) is 5.11. The molecule has 6 heteroatoms. The fourth-order valence-electron chi connectivity index (χ4n) is 2.38. The Bertz CT molecular complexity index is 858. The van der Waals surface area contributed by atoms with Gasteiger partial charge in [0.25, 0.3) is 11.8 Å². The first-order chi connectivity index (χ1) is 11.5. The number of imide groups is 1. The van der Waals surface area contributed by atoms with Crippen molar-refractivity contribution in [2.45, 2.75) is 0 Å². The Labute approximate surface area is 146 Å². The Kier molecular flexibility index (Phi) is 4.31. The molecule has 1 heterocycles. The molecule has 0 atom stereocenters. The topological polar surface area (TPSA) is 63.7 Å². The zero-order valence-electron chi connectivity index (χ0n) is 12.5. The van der Waals surface area contributed by atoms with Gasteiger partial charge in [0.1, 0.15) is 5.75 Å². The zero-order valence-corrected chi connectivity index (χ0v) is 14.1. The monoisotopic (exact) mass is 385 g/mol. The molecule has 5 nitrogen and oxygen atoms in total. The number of carbonyl (C=O) groups excluding carboxylic acids is 3. The first kappa shape index (κ1) is 16.1. The van der Waals surface area contributed by atoms with Crippen molar-refractivity contribution in [1.29, 1.82) is 0 Å². The summed E-state index contributed by atoms with van der Waals surface area (Å²) in [4.78, 5) is 37.7. The lowest BCUT2D eigenvalue weighted by Gasteiger charge is -2.09. The Morgan fingerprint density at radius 2 is 1.75 bits per heavy atom. The van der Waals surface area contributed by atoms with Crippen LogP contribution in [0.25, 0.3) is 0 Å². The summed E-state index contributed by atoms with van der Waals surface area (Å²) in [6.07, 6.45) is 1.48. The number of benzene rings is 2. The largest absolute Gasteiger partial charge is 0.423 e. The number of carbonyl (C=O) groups is 3. The molecule has 3 rings (SSSR count). The number of nitrogens with zero attached hydrogens (tertiary/aromatic N) is 1. The number of rotatable bonds is 4. The number of hydrogen-bond acceptors (Lipinski definition) is 4. The summed E-state index contributed by atoms with van der Waals surface area (Å²) in [5.74, 6) is -1.03. The minimum Gasteiger partial charge on any atom is -0.423 e. The van der Waals surface area contributed by atoms with Gasteiger partial charge >= 0.3 is 5.97 Å². The summed E-state index contributed by atoms with van der Waals surface area (Å²) in [6.45, 7) is 3.66. The highest BCUT2D eigenvalue weighted by atomic mass is 79.9. The van der Waals surface area contributed by atoms with Gasteiger partial charge in [-0.1, -0.05) is 22.0 Å². The summed E-state index contributed by atoms with van der Waals surface area (Å²) in [5, 5.41) is 0. The number of fused-ring (bicyclic) bond motifs is 1. The van der Waals surface area contributed by atoms with Crippen LogP contribution in [0.2, 0.25) is 0 Å². The maximum atomic E-state index is 12.3. The molecule has 0 saturated carbocycles. The summed E-state index contributed by atoms with van der Waals surface area (Å²) in [5.41, 5.74) is 0.687. The van der Waals surface area contributed by atoms with Gasteiger partial charge in [0.05, 0.1) is 16.7 Å². The van der Waals surface area contributed by atoms with E-state index in [1.54, 1.807) is 24.3 Å². The van der Waals surface area contributed by atoms with E-state index in [0.29, 0.717) is 5.75 Å². The Morgan fingerprint density at radius 3 is 2.42 bits per heavy atom. The predicted octanol–water partition coefficient (Wildman–Crippen LogP) is 3.45. The molecule has 2 aromatic carbocycles. The molecule has 1 aliphatic rings. The molecular formula is C18H12BrNO4. The molecule has 0 spiro atoms. The fourth-order valence-corrected chi connectivity index (χ4v) is 2.65. The predicted molar refractivity (Wildman–Crippen MR) is 91.1 cm³/mol. The third-order valence-electron chi connectivity index (χ3n) is 3.54. The van der Waals surface area contributed by atoms with E-state index in [2.05, 4.69) is 22.5 Å². The van der Waals surface area contributed by atoms with Crippen LogP contribution < -0.4 is 4.74 Å². The number of halogens is 1. The molecule has 0 unspecified atom stereocenters. The molecule has 0 fully saturated rings. The Morgan fingerprint density at radius 1 is 1.08 bits per heavy atom. The van der Waals surface area contributed by atoms with Crippen LogP contribution in [0.5, 0.6) is 5.75 Å². The maximum Gasteiger partial charge on any atom is 0.343 e. The highest BCUT2D eigenvalue weighted by molar-refractivity contribution is 9.10. The molecule has 0 aliphatic carbocycles. The summed E-state index contributed by atoms with van der Waals surface area (Å²) >= 11 is 3.30. The lowest BCUT2D eigenvalue weighted by molar-refractivity contribution is 0.0671. The van der Waals surface area contributed by atoms with Gasteiger partial charge < -0.3 is 4.74 Å². The lowest BCUT2D eigenvalue weighted by atomic mass is 10.1. The van der Waals surface area contributed by atoms with E-state index in [1.165, 1.54) is 24.3 Å². The van der Waals surface area contributed by atoms with Crippen molar-refractivity contribution in [3.63, 3.8) is 0 Å². The molecule has 1 aliphatic heterocycles. The quantitative estimate of drug-likeness (QED) is 0.350. The van der Waals surface area contributed by atoms with Crippen molar-refractivity contribution in [3.05, 3.63) is 76.3 Å². The van der Waals surface area contributed by atoms with E-state index in [4.69, 9.17) is 4.74 Å². The van der Waals surface area contributed by atoms with Crippen molar-refractivity contribution < 1.29 is 19.1 Å². The molecule has 0 N–H and O–H groups in total. The highest BCUT2D eigenvalue weighted by Gasteiger charge is 2.35. The van der Waals surface area contributed by atoms with Crippen LogP contribution in [0, 0.1) is 0 Å². The Balaban J connectivity index is 1.86. The fraction of sp³-hybridized carbons (Fsp3) is 0.0556. The number of esters is 1. The van der Waals surface area contributed by atoms with Gasteiger partial charge in [0, 0.05) is 11.0 Å². The van der Waals surface area contributed by atoms with Crippen molar-refractivity contribution in [2.24, 2.45) is 0 Å². The molecule has 2 amide bonds. The molecule has 0 radical (unpaired) electrons. The summed E-state index contributed by atoms with van der Waals surface area (Å²) in [6, 6.07) is 11.1. The average Bonchev–Trinajstić information content (AvgIpc) is 2.82. The lowest BCUT2D eigenvalue weighted by Crippen LogP contribution is -2.29. The first-order valence-corrected chi connectivity index (χ1v) is 7.89. The van der Waals surface area contributed by atoms with Gasteiger partial charge in [-0.3, -0.25) is 14.5 Å². The summed E-state index contributed by atoms with van der Waals surface area (Å²) in [7, 11) is 0. The maximum absolute atomic E-state index is 12.3. The number of hydrogen-bond donors (Lipinski definition) is 0. The van der Waals surface area contributed by atoms with E-state index < -0.39 is 11.9 Å². The smallest absolute Gasteiger partial charge is 0.343 e. The van der Waals surface area contributed by atoms with Crippen LogP contribution >= 0.6 is 15.9 Å². The molecule has 0 saturated heterocycles. The van der Waals surface area contributed by atoms with Crippen molar-refractivity contribution in [1.82, 2.24) is 4.90 Å². The van der Waals surface area contributed by atoms with Gasteiger partial charge in [-0.2, -0.15) is 0 Å². The van der Waals surface area contributed by atoms with E-state index >= 15 is 0 Å². The van der Waals surface area contributed by atoms with Crippen LogP contribution in [0.1, 0.15) is 31.1 Å².